The number of aliphatic hydroxyl groups excluding tert-OH is 1. The smallest absolute Gasteiger partial charge is 0.164 e. The molecule has 116 valence electrons. The first-order chi connectivity index (χ1) is 11.3. The molecule has 1 atom stereocenters. The maximum absolute atomic E-state index is 10.4. The molecule has 2 aromatic heterocycles. The molecule has 0 saturated carbocycles. The standard InChI is InChI=1S/C17H16N4O2/c22-14(11-3-4-15-12(8-11)5-7-23-15)9-19-17-13-2-1-6-18-16(13)20-10-21-17/h1-4,6,8,10,14,22H,5,7,9H2,(H,18,19,20,21). The first-order valence-corrected chi connectivity index (χ1v) is 7.54. The Bertz CT molecular complexity index is 848. The maximum Gasteiger partial charge on any atom is 0.164 e. The average molecular weight is 308 g/mol. The van der Waals surface area contributed by atoms with Crippen molar-refractivity contribution in [1.29, 1.82) is 0 Å². The average Bonchev–Trinajstić information content (AvgIpc) is 3.07. The van der Waals surface area contributed by atoms with Crippen LogP contribution < -0.4 is 10.1 Å². The Morgan fingerprint density at radius 3 is 3.13 bits per heavy atom. The van der Waals surface area contributed by atoms with Crippen molar-refractivity contribution >= 4 is 16.9 Å². The highest BCUT2D eigenvalue weighted by molar-refractivity contribution is 5.85. The summed E-state index contributed by atoms with van der Waals surface area (Å²) in [5, 5.41) is 14.4. The summed E-state index contributed by atoms with van der Waals surface area (Å²) in [5.41, 5.74) is 2.66. The van der Waals surface area contributed by atoms with Crippen LogP contribution in [0.4, 0.5) is 5.82 Å². The van der Waals surface area contributed by atoms with Gasteiger partial charge in [0.15, 0.2) is 5.65 Å². The van der Waals surface area contributed by atoms with Gasteiger partial charge in [-0.2, -0.15) is 0 Å². The number of hydrogen-bond acceptors (Lipinski definition) is 6. The molecule has 1 aromatic carbocycles. The van der Waals surface area contributed by atoms with Gasteiger partial charge in [0.25, 0.3) is 0 Å². The fourth-order valence-corrected chi connectivity index (χ4v) is 2.76. The van der Waals surface area contributed by atoms with Gasteiger partial charge in [0.05, 0.1) is 18.1 Å². The Kier molecular flexibility index (Phi) is 3.51. The molecule has 4 rings (SSSR count). The van der Waals surface area contributed by atoms with E-state index in [2.05, 4.69) is 20.3 Å². The molecule has 6 nitrogen and oxygen atoms in total. The van der Waals surface area contributed by atoms with Gasteiger partial charge in [-0.3, -0.25) is 0 Å². The van der Waals surface area contributed by atoms with Crippen molar-refractivity contribution in [1.82, 2.24) is 15.0 Å². The van der Waals surface area contributed by atoms with E-state index in [1.54, 1.807) is 6.20 Å². The third-order valence-corrected chi connectivity index (χ3v) is 3.97. The van der Waals surface area contributed by atoms with Crippen LogP contribution in [0.5, 0.6) is 5.75 Å². The van der Waals surface area contributed by atoms with Crippen molar-refractivity contribution in [2.75, 3.05) is 18.5 Å². The minimum atomic E-state index is -0.623. The minimum Gasteiger partial charge on any atom is -0.493 e. The SMILES string of the molecule is OC(CNc1ncnc2ncccc12)c1ccc2c(c1)CCO2. The number of ether oxygens (including phenoxy) is 1. The number of anilines is 1. The molecule has 1 aliphatic rings. The van der Waals surface area contributed by atoms with Crippen LogP contribution in [0.2, 0.25) is 0 Å². The first-order valence-electron chi connectivity index (χ1n) is 7.54. The van der Waals surface area contributed by atoms with Crippen molar-refractivity contribution in [2.45, 2.75) is 12.5 Å². The number of benzene rings is 1. The predicted molar refractivity (Wildman–Crippen MR) is 86.4 cm³/mol. The Hall–Kier alpha value is -2.73. The third-order valence-electron chi connectivity index (χ3n) is 3.97. The molecule has 23 heavy (non-hydrogen) atoms. The lowest BCUT2D eigenvalue weighted by molar-refractivity contribution is 0.191. The van der Waals surface area contributed by atoms with Crippen LogP contribution in [0, 0.1) is 0 Å². The molecular formula is C17H16N4O2. The van der Waals surface area contributed by atoms with E-state index in [4.69, 9.17) is 4.74 Å². The zero-order valence-electron chi connectivity index (χ0n) is 12.4. The van der Waals surface area contributed by atoms with E-state index in [9.17, 15) is 5.11 Å². The summed E-state index contributed by atoms with van der Waals surface area (Å²) in [6.07, 6.45) is 3.44. The predicted octanol–water partition coefficient (Wildman–Crippen LogP) is 2.11. The zero-order valence-corrected chi connectivity index (χ0v) is 12.4. The highest BCUT2D eigenvalue weighted by atomic mass is 16.5. The number of nitrogens with one attached hydrogen (secondary N) is 1. The molecule has 1 unspecified atom stereocenters. The lowest BCUT2D eigenvalue weighted by Crippen LogP contribution is -2.13. The summed E-state index contributed by atoms with van der Waals surface area (Å²) < 4.78 is 5.49. The molecule has 0 amide bonds. The van der Waals surface area contributed by atoms with Crippen LogP contribution in [0.25, 0.3) is 11.0 Å². The van der Waals surface area contributed by atoms with Crippen molar-refractivity contribution in [2.24, 2.45) is 0 Å². The van der Waals surface area contributed by atoms with Gasteiger partial charge in [-0.25, -0.2) is 15.0 Å². The van der Waals surface area contributed by atoms with Crippen LogP contribution in [-0.4, -0.2) is 33.2 Å². The summed E-state index contributed by atoms with van der Waals surface area (Å²) >= 11 is 0. The highest BCUT2D eigenvalue weighted by Crippen LogP contribution is 2.28. The summed E-state index contributed by atoms with van der Waals surface area (Å²) in [6, 6.07) is 9.58. The molecule has 0 fully saturated rings. The number of fused-ring (bicyclic) bond motifs is 2. The highest BCUT2D eigenvalue weighted by Gasteiger charge is 2.16. The van der Waals surface area contributed by atoms with Gasteiger partial charge in [-0.15, -0.1) is 0 Å². The Balaban J connectivity index is 1.52. The molecule has 2 N–H and O–H groups in total. The number of aromatic nitrogens is 3. The van der Waals surface area contributed by atoms with E-state index < -0.39 is 6.10 Å². The summed E-state index contributed by atoms with van der Waals surface area (Å²) in [7, 11) is 0. The summed E-state index contributed by atoms with van der Waals surface area (Å²) in [6.45, 7) is 1.08. The summed E-state index contributed by atoms with van der Waals surface area (Å²) in [5.74, 6) is 1.59. The van der Waals surface area contributed by atoms with E-state index in [0.29, 0.717) is 24.6 Å². The molecule has 6 heteroatoms. The third kappa shape index (κ3) is 2.68. The van der Waals surface area contributed by atoms with Crippen LogP contribution >= 0.6 is 0 Å². The molecule has 3 heterocycles. The summed E-state index contributed by atoms with van der Waals surface area (Å²) in [4.78, 5) is 12.6. The molecule has 3 aromatic rings. The normalized spacial score (nSPS) is 14.3. The van der Waals surface area contributed by atoms with Gasteiger partial charge in [-0.05, 0) is 35.4 Å². The second-order valence-electron chi connectivity index (χ2n) is 5.46. The van der Waals surface area contributed by atoms with Crippen molar-refractivity contribution < 1.29 is 9.84 Å². The van der Waals surface area contributed by atoms with E-state index in [0.717, 1.165) is 28.7 Å². The molecule has 0 aliphatic carbocycles. The molecule has 0 spiro atoms. The fraction of sp³-hybridized carbons (Fsp3) is 0.235. The molecule has 0 bridgehead atoms. The second-order valence-corrected chi connectivity index (χ2v) is 5.46. The van der Waals surface area contributed by atoms with Crippen molar-refractivity contribution in [3.63, 3.8) is 0 Å². The van der Waals surface area contributed by atoms with Crippen LogP contribution in [0.15, 0.2) is 42.9 Å². The van der Waals surface area contributed by atoms with Gasteiger partial charge in [0.2, 0.25) is 0 Å². The van der Waals surface area contributed by atoms with Gasteiger partial charge >= 0.3 is 0 Å². The van der Waals surface area contributed by atoms with Crippen LogP contribution in [0.3, 0.4) is 0 Å². The van der Waals surface area contributed by atoms with Crippen LogP contribution in [0.1, 0.15) is 17.2 Å². The maximum atomic E-state index is 10.4. The van der Waals surface area contributed by atoms with E-state index in [1.165, 1.54) is 6.33 Å². The quantitative estimate of drug-likeness (QED) is 0.768. The van der Waals surface area contributed by atoms with Crippen molar-refractivity contribution in [3.05, 3.63) is 54.0 Å². The topological polar surface area (TPSA) is 80.2 Å². The first kappa shape index (κ1) is 13.9. The van der Waals surface area contributed by atoms with Gasteiger partial charge in [-0.1, -0.05) is 6.07 Å². The van der Waals surface area contributed by atoms with E-state index >= 15 is 0 Å². The fourth-order valence-electron chi connectivity index (χ4n) is 2.76. The number of hydrogen-bond donors (Lipinski definition) is 2. The number of pyridine rings is 1. The molecule has 0 radical (unpaired) electrons. The van der Waals surface area contributed by atoms with E-state index in [-0.39, 0.29) is 0 Å². The largest absolute Gasteiger partial charge is 0.493 e. The number of rotatable bonds is 4. The van der Waals surface area contributed by atoms with Crippen LogP contribution in [-0.2, 0) is 6.42 Å². The molecule has 1 aliphatic heterocycles. The van der Waals surface area contributed by atoms with Gasteiger partial charge in [0, 0.05) is 19.2 Å². The van der Waals surface area contributed by atoms with E-state index in [1.807, 2.05) is 30.3 Å². The molecular weight excluding hydrogens is 292 g/mol. The van der Waals surface area contributed by atoms with Gasteiger partial charge in [0.1, 0.15) is 17.9 Å². The lowest BCUT2D eigenvalue weighted by Gasteiger charge is -2.14. The molecule has 0 saturated heterocycles. The Labute approximate surface area is 133 Å². The minimum absolute atomic E-state index is 0.362. The monoisotopic (exact) mass is 308 g/mol. The number of aliphatic hydroxyl groups is 1. The second kappa shape index (κ2) is 5.81. The zero-order chi connectivity index (χ0) is 15.6. The van der Waals surface area contributed by atoms with Gasteiger partial charge < -0.3 is 15.2 Å². The Morgan fingerprint density at radius 1 is 1.22 bits per heavy atom. The van der Waals surface area contributed by atoms with Crippen molar-refractivity contribution in [3.8, 4) is 5.75 Å². The Morgan fingerprint density at radius 2 is 2.17 bits per heavy atom. The lowest BCUT2D eigenvalue weighted by atomic mass is 10.0. The number of nitrogens with zero attached hydrogens (tertiary/aromatic N) is 3.